The van der Waals surface area contributed by atoms with Crippen LogP contribution in [0.15, 0.2) is 64.6 Å². The third kappa shape index (κ3) is 3.35. The summed E-state index contributed by atoms with van der Waals surface area (Å²) in [5.74, 6) is 1.18. The smallest absolute Gasteiger partial charge is 0.222 e. The maximum Gasteiger partial charge on any atom is 0.222 e. The first-order chi connectivity index (χ1) is 12.7. The van der Waals surface area contributed by atoms with Crippen molar-refractivity contribution in [3.05, 3.63) is 60.2 Å². The van der Waals surface area contributed by atoms with Crippen molar-refractivity contribution in [3.63, 3.8) is 0 Å². The maximum absolute atomic E-state index is 6.07. The number of rotatable bonds is 3. The van der Waals surface area contributed by atoms with Crippen molar-refractivity contribution in [1.29, 1.82) is 0 Å². The van der Waals surface area contributed by atoms with E-state index in [1.165, 1.54) is 18.4 Å². The van der Waals surface area contributed by atoms with Crippen LogP contribution < -0.4 is 16.0 Å². The summed E-state index contributed by atoms with van der Waals surface area (Å²) in [6.07, 6.45) is 2.01. The van der Waals surface area contributed by atoms with E-state index in [-0.39, 0.29) is 6.29 Å². The Labute approximate surface area is 154 Å². The van der Waals surface area contributed by atoms with Crippen LogP contribution in [0.4, 0.5) is 11.4 Å². The molecule has 0 aliphatic carbocycles. The van der Waals surface area contributed by atoms with E-state index < -0.39 is 0 Å². The van der Waals surface area contributed by atoms with Crippen LogP contribution in [0.3, 0.4) is 0 Å². The normalized spacial score (nSPS) is 20.0. The zero-order chi connectivity index (χ0) is 17.9. The Bertz CT molecular complexity index is 806. The van der Waals surface area contributed by atoms with Crippen LogP contribution in [-0.2, 0) is 0 Å². The topological polar surface area (TPSA) is 69.2 Å². The largest absolute Gasteiger partial charge is 0.368 e. The van der Waals surface area contributed by atoms with E-state index in [0.717, 1.165) is 30.4 Å². The van der Waals surface area contributed by atoms with Gasteiger partial charge in [-0.15, -0.1) is 0 Å². The number of benzene rings is 2. The lowest BCUT2D eigenvalue weighted by molar-refractivity contribution is 0.497. The Hall–Kier alpha value is -3.02. The lowest BCUT2D eigenvalue weighted by Gasteiger charge is -2.38. The van der Waals surface area contributed by atoms with E-state index in [0.29, 0.717) is 5.96 Å². The lowest BCUT2D eigenvalue weighted by atomic mass is 10.2. The molecule has 2 aromatic carbocycles. The molecule has 26 heavy (non-hydrogen) atoms. The van der Waals surface area contributed by atoms with E-state index in [9.17, 15) is 0 Å². The van der Waals surface area contributed by atoms with Gasteiger partial charge in [0.15, 0.2) is 0 Å². The summed E-state index contributed by atoms with van der Waals surface area (Å²) in [5.41, 5.74) is 9.33. The molecule has 6 nitrogen and oxygen atoms in total. The zero-order valence-electron chi connectivity index (χ0n) is 15.0. The fourth-order valence-electron chi connectivity index (χ4n) is 3.36. The van der Waals surface area contributed by atoms with Gasteiger partial charge in [0.2, 0.25) is 18.2 Å². The molecule has 2 aromatic rings. The van der Waals surface area contributed by atoms with Crippen LogP contribution in [0.1, 0.15) is 18.4 Å². The fourth-order valence-corrected chi connectivity index (χ4v) is 3.36. The molecule has 2 aliphatic rings. The molecule has 0 aromatic heterocycles. The second kappa shape index (κ2) is 7.07. The number of hydrogen-bond donors (Lipinski definition) is 2. The van der Waals surface area contributed by atoms with Crippen molar-refractivity contribution in [2.75, 3.05) is 23.3 Å². The SMILES string of the molecule is Cc1ccc(N2C(N3CCCC3)=NC(N)=NC2Nc2ccccc2)cc1. The maximum atomic E-state index is 6.07. The molecule has 1 atom stereocenters. The van der Waals surface area contributed by atoms with Gasteiger partial charge in [0, 0.05) is 24.5 Å². The third-order valence-electron chi connectivity index (χ3n) is 4.70. The summed E-state index contributed by atoms with van der Waals surface area (Å²) in [4.78, 5) is 13.6. The van der Waals surface area contributed by atoms with Crippen molar-refractivity contribution in [1.82, 2.24) is 4.90 Å². The average molecular weight is 348 g/mol. The summed E-state index contributed by atoms with van der Waals surface area (Å²) >= 11 is 0. The molecule has 134 valence electrons. The summed E-state index contributed by atoms with van der Waals surface area (Å²) < 4.78 is 0. The minimum atomic E-state index is -0.340. The fraction of sp³-hybridized carbons (Fsp3) is 0.300. The summed E-state index contributed by atoms with van der Waals surface area (Å²) in [5, 5.41) is 3.48. The molecule has 6 heteroatoms. The molecule has 0 amide bonds. The molecule has 0 spiro atoms. The molecule has 1 unspecified atom stereocenters. The van der Waals surface area contributed by atoms with E-state index in [1.807, 2.05) is 30.3 Å². The average Bonchev–Trinajstić information content (AvgIpc) is 3.18. The lowest BCUT2D eigenvalue weighted by Crippen LogP contribution is -2.54. The van der Waals surface area contributed by atoms with Gasteiger partial charge in [-0.1, -0.05) is 35.9 Å². The number of hydrogen-bond acceptors (Lipinski definition) is 6. The minimum absolute atomic E-state index is 0.309. The Morgan fingerprint density at radius 3 is 2.38 bits per heavy atom. The molecule has 3 N–H and O–H groups in total. The van der Waals surface area contributed by atoms with Crippen LogP contribution >= 0.6 is 0 Å². The first-order valence-electron chi connectivity index (χ1n) is 9.05. The Balaban J connectivity index is 1.72. The van der Waals surface area contributed by atoms with Gasteiger partial charge < -0.3 is 16.0 Å². The highest BCUT2D eigenvalue weighted by Gasteiger charge is 2.32. The minimum Gasteiger partial charge on any atom is -0.368 e. The van der Waals surface area contributed by atoms with Crippen molar-refractivity contribution in [3.8, 4) is 0 Å². The molecule has 0 radical (unpaired) electrons. The van der Waals surface area contributed by atoms with Crippen LogP contribution in [0.2, 0.25) is 0 Å². The molecule has 0 bridgehead atoms. The van der Waals surface area contributed by atoms with Gasteiger partial charge in [-0.3, -0.25) is 4.90 Å². The second-order valence-corrected chi connectivity index (χ2v) is 6.68. The van der Waals surface area contributed by atoms with Crippen LogP contribution in [-0.4, -0.2) is 36.2 Å². The number of guanidine groups is 2. The predicted octanol–water partition coefficient (Wildman–Crippen LogP) is 2.98. The molecular formula is C20H24N6. The van der Waals surface area contributed by atoms with Crippen molar-refractivity contribution < 1.29 is 0 Å². The zero-order valence-corrected chi connectivity index (χ0v) is 15.0. The number of nitrogens with zero attached hydrogens (tertiary/aromatic N) is 4. The first kappa shape index (κ1) is 16.4. The van der Waals surface area contributed by atoms with E-state index in [2.05, 4.69) is 56.3 Å². The number of aryl methyl sites for hydroxylation is 1. The monoisotopic (exact) mass is 348 g/mol. The highest BCUT2D eigenvalue weighted by Crippen LogP contribution is 2.25. The number of para-hydroxylation sites is 1. The van der Waals surface area contributed by atoms with E-state index in [1.54, 1.807) is 0 Å². The third-order valence-corrected chi connectivity index (χ3v) is 4.70. The van der Waals surface area contributed by atoms with Gasteiger partial charge >= 0.3 is 0 Å². The number of anilines is 2. The number of nitrogens with two attached hydrogens (primary N) is 1. The molecule has 1 fully saturated rings. The van der Waals surface area contributed by atoms with E-state index >= 15 is 0 Å². The summed E-state index contributed by atoms with van der Waals surface area (Å²) in [7, 11) is 0. The van der Waals surface area contributed by atoms with Crippen molar-refractivity contribution >= 4 is 23.3 Å². The second-order valence-electron chi connectivity index (χ2n) is 6.68. The Morgan fingerprint density at radius 2 is 1.69 bits per heavy atom. The standard InChI is InChI=1S/C20H24N6/c1-15-9-11-17(12-10-15)26-19(22-16-7-3-2-4-8-16)23-18(21)24-20(26)25-13-5-6-14-25/h2-4,7-12,19,22H,5-6,13-14H2,1H3,(H2,21,23). The number of likely N-dealkylation sites (tertiary alicyclic amines) is 1. The van der Waals surface area contributed by atoms with Crippen LogP contribution in [0, 0.1) is 6.92 Å². The summed E-state index contributed by atoms with van der Waals surface area (Å²) in [6.45, 7) is 4.07. The first-order valence-corrected chi connectivity index (χ1v) is 9.05. The van der Waals surface area contributed by atoms with Crippen LogP contribution in [0.5, 0.6) is 0 Å². The summed E-state index contributed by atoms with van der Waals surface area (Å²) in [6, 6.07) is 18.5. The molecule has 2 heterocycles. The molecule has 0 saturated carbocycles. The van der Waals surface area contributed by atoms with Gasteiger partial charge in [0.05, 0.1) is 0 Å². The molecule has 2 aliphatic heterocycles. The Kier molecular flexibility index (Phi) is 4.48. The number of nitrogens with one attached hydrogen (secondary N) is 1. The number of aliphatic imine (C=N–C) groups is 2. The quantitative estimate of drug-likeness (QED) is 0.895. The van der Waals surface area contributed by atoms with Crippen molar-refractivity contribution in [2.24, 2.45) is 15.7 Å². The van der Waals surface area contributed by atoms with Gasteiger partial charge in [0.1, 0.15) is 0 Å². The van der Waals surface area contributed by atoms with E-state index in [4.69, 9.17) is 5.73 Å². The highest BCUT2D eigenvalue weighted by molar-refractivity contribution is 6.06. The molecule has 1 saturated heterocycles. The highest BCUT2D eigenvalue weighted by atomic mass is 15.5. The van der Waals surface area contributed by atoms with Gasteiger partial charge in [-0.25, -0.2) is 4.99 Å². The Morgan fingerprint density at radius 1 is 1.00 bits per heavy atom. The molecule has 4 rings (SSSR count). The van der Waals surface area contributed by atoms with Gasteiger partial charge in [-0.2, -0.15) is 4.99 Å². The van der Waals surface area contributed by atoms with Gasteiger partial charge in [-0.05, 0) is 44.0 Å². The predicted molar refractivity (Wildman–Crippen MR) is 107 cm³/mol. The molecular weight excluding hydrogens is 324 g/mol. The van der Waals surface area contributed by atoms with Crippen molar-refractivity contribution in [2.45, 2.75) is 26.1 Å². The van der Waals surface area contributed by atoms with Gasteiger partial charge in [0.25, 0.3) is 0 Å². The van der Waals surface area contributed by atoms with Crippen LogP contribution in [0.25, 0.3) is 0 Å².